The predicted octanol–water partition coefficient (Wildman–Crippen LogP) is 2.68. The lowest BCUT2D eigenvalue weighted by Gasteiger charge is -2.26. The van der Waals surface area contributed by atoms with E-state index < -0.39 is 0 Å². The molecule has 1 rings (SSSR count). The molecule has 17 heavy (non-hydrogen) atoms. The van der Waals surface area contributed by atoms with Gasteiger partial charge in [-0.05, 0) is 18.9 Å². The number of aromatic nitrogens is 3. The van der Waals surface area contributed by atoms with Crippen LogP contribution in [0.15, 0.2) is 6.20 Å². The van der Waals surface area contributed by atoms with Crippen molar-refractivity contribution in [2.45, 2.75) is 52.5 Å². The number of hydrogen-bond donors (Lipinski definition) is 1. The van der Waals surface area contributed by atoms with E-state index in [0.29, 0.717) is 12.0 Å². The summed E-state index contributed by atoms with van der Waals surface area (Å²) in [6.45, 7) is 7.66. The fraction of sp³-hybridized carbons (Fsp3) is 0.846. The lowest BCUT2D eigenvalue weighted by atomic mass is 9.89. The normalized spacial score (nSPS) is 14.8. The van der Waals surface area contributed by atoms with Gasteiger partial charge in [0.05, 0.1) is 17.9 Å². The Morgan fingerprint density at radius 1 is 1.35 bits per heavy atom. The highest BCUT2D eigenvalue weighted by Gasteiger charge is 2.23. The van der Waals surface area contributed by atoms with Crippen LogP contribution < -0.4 is 5.32 Å². The summed E-state index contributed by atoms with van der Waals surface area (Å²) in [5.74, 6) is 0.673. The van der Waals surface area contributed by atoms with Gasteiger partial charge in [-0.1, -0.05) is 45.2 Å². The number of nitrogens with zero attached hydrogens (tertiary/aromatic N) is 3. The first-order valence-electron chi connectivity index (χ1n) is 6.82. The first kappa shape index (κ1) is 14.2. The minimum absolute atomic E-state index is 0.386. The number of unbranched alkanes of at least 4 members (excludes halogenated alkanes) is 1. The Hall–Kier alpha value is -0.900. The maximum absolute atomic E-state index is 4.04. The zero-order valence-electron chi connectivity index (χ0n) is 11.6. The van der Waals surface area contributed by atoms with Gasteiger partial charge < -0.3 is 5.32 Å². The fourth-order valence-corrected chi connectivity index (χ4v) is 2.38. The average molecular weight is 238 g/mol. The van der Waals surface area contributed by atoms with E-state index >= 15 is 0 Å². The molecule has 1 heterocycles. The van der Waals surface area contributed by atoms with E-state index in [2.05, 4.69) is 36.4 Å². The molecule has 1 aromatic rings. The maximum atomic E-state index is 4.04. The van der Waals surface area contributed by atoms with Crippen molar-refractivity contribution in [2.24, 2.45) is 13.0 Å². The minimum Gasteiger partial charge on any atom is -0.309 e. The summed E-state index contributed by atoms with van der Waals surface area (Å²) in [6, 6.07) is 0.386. The molecule has 0 fully saturated rings. The molecule has 0 aromatic carbocycles. The van der Waals surface area contributed by atoms with E-state index in [4.69, 9.17) is 0 Å². The van der Waals surface area contributed by atoms with Gasteiger partial charge in [0.2, 0.25) is 0 Å². The molecule has 98 valence electrons. The Kier molecular flexibility index (Phi) is 6.19. The second-order valence-corrected chi connectivity index (χ2v) is 4.63. The molecule has 0 amide bonds. The summed E-state index contributed by atoms with van der Waals surface area (Å²) in [4.78, 5) is 0. The second kappa shape index (κ2) is 7.43. The van der Waals surface area contributed by atoms with Gasteiger partial charge in [0.25, 0.3) is 0 Å². The molecule has 1 aromatic heterocycles. The van der Waals surface area contributed by atoms with Gasteiger partial charge in [-0.15, -0.1) is 5.10 Å². The second-order valence-electron chi connectivity index (χ2n) is 4.63. The highest BCUT2D eigenvalue weighted by Crippen LogP contribution is 2.28. The lowest BCUT2D eigenvalue weighted by Crippen LogP contribution is -2.29. The van der Waals surface area contributed by atoms with E-state index in [1.807, 2.05) is 17.9 Å². The highest BCUT2D eigenvalue weighted by atomic mass is 15.4. The van der Waals surface area contributed by atoms with Crippen molar-refractivity contribution in [2.75, 3.05) is 6.54 Å². The Balaban J connectivity index is 2.79. The third kappa shape index (κ3) is 3.80. The molecule has 4 nitrogen and oxygen atoms in total. The van der Waals surface area contributed by atoms with Crippen molar-refractivity contribution in [3.8, 4) is 0 Å². The molecule has 0 saturated carbocycles. The van der Waals surface area contributed by atoms with E-state index in [1.165, 1.54) is 31.4 Å². The van der Waals surface area contributed by atoms with Gasteiger partial charge in [0, 0.05) is 7.05 Å². The number of nitrogens with one attached hydrogen (secondary N) is 1. The molecule has 0 bridgehead atoms. The van der Waals surface area contributed by atoms with Crippen LogP contribution >= 0.6 is 0 Å². The van der Waals surface area contributed by atoms with Crippen molar-refractivity contribution in [3.05, 3.63) is 11.9 Å². The molecule has 0 radical (unpaired) electrons. The number of rotatable bonds is 8. The largest absolute Gasteiger partial charge is 0.309 e. The fourth-order valence-electron chi connectivity index (χ4n) is 2.38. The molecule has 1 N–H and O–H groups in total. The van der Waals surface area contributed by atoms with E-state index in [0.717, 1.165) is 6.54 Å². The number of aryl methyl sites for hydroxylation is 1. The van der Waals surface area contributed by atoms with Crippen molar-refractivity contribution in [3.63, 3.8) is 0 Å². The van der Waals surface area contributed by atoms with E-state index in [1.54, 1.807) is 0 Å². The van der Waals surface area contributed by atoms with Gasteiger partial charge in [-0.3, -0.25) is 4.68 Å². The van der Waals surface area contributed by atoms with Crippen LogP contribution in [-0.4, -0.2) is 21.5 Å². The number of hydrogen-bond acceptors (Lipinski definition) is 3. The summed E-state index contributed by atoms with van der Waals surface area (Å²) in [5, 5.41) is 11.6. The SMILES string of the molecule is CCCCC(CC)C(NCC)c1cnnn1C. The van der Waals surface area contributed by atoms with Crippen LogP contribution in [0.4, 0.5) is 0 Å². The molecule has 0 saturated heterocycles. The third-order valence-electron chi connectivity index (χ3n) is 3.42. The van der Waals surface area contributed by atoms with Gasteiger partial charge in [0.15, 0.2) is 0 Å². The van der Waals surface area contributed by atoms with Crippen LogP contribution in [0.3, 0.4) is 0 Å². The smallest absolute Gasteiger partial charge is 0.0756 e. The quantitative estimate of drug-likeness (QED) is 0.757. The van der Waals surface area contributed by atoms with Crippen molar-refractivity contribution in [1.82, 2.24) is 20.3 Å². The topological polar surface area (TPSA) is 42.7 Å². The van der Waals surface area contributed by atoms with Crippen LogP contribution in [0.2, 0.25) is 0 Å². The van der Waals surface area contributed by atoms with Crippen LogP contribution in [-0.2, 0) is 7.05 Å². The lowest BCUT2D eigenvalue weighted by molar-refractivity contribution is 0.315. The molecule has 4 heteroatoms. The molecule has 2 unspecified atom stereocenters. The Bertz CT molecular complexity index is 308. The zero-order chi connectivity index (χ0) is 12.7. The summed E-state index contributed by atoms with van der Waals surface area (Å²) in [6.07, 6.45) is 6.92. The summed E-state index contributed by atoms with van der Waals surface area (Å²) < 4.78 is 1.89. The van der Waals surface area contributed by atoms with Gasteiger partial charge >= 0.3 is 0 Å². The highest BCUT2D eigenvalue weighted by molar-refractivity contribution is 5.03. The van der Waals surface area contributed by atoms with Crippen molar-refractivity contribution in [1.29, 1.82) is 0 Å². The molecule has 0 aliphatic carbocycles. The van der Waals surface area contributed by atoms with Crippen LogP contribution in [0.5, 0.6) is 0 Å². The van der Waals surface area contributed by atoms with E-state index in [9.17, 15) is 0 Å². The molecule has 0 aliphatic rings. The van der Waals surface area contributed by atoms with Gasteiger partial charge in [0.1, 0.15) is 0 Å². The summed E-state index contributed by atoms with van der Waals surface area (Å²) in [7, 11) is 1.97. The summed E-state index contributed by atoms with van der Waals surface area (Å²) >= 11 is 0. The van der Waals surface area contributed by atoms with Crippen LogP contribution in [0.25, 0.3) is 0 Å². The standard InChI is InChI=1S/C13H26N4/c1-5-8-9-11(6-2)13(14-7-3)12-10-15-16-17(12)4/h10-11,13-14H,5-9H2,1-4H3. The summed E-state index contributed by atoms with van der Waals surface area (Å²) in [5.41, 5.74) is 1.20. The molecule has 0 aliphatic heterocycles. The molecular weight excluding hydrogens is 212 g/mol. The first-order valence-corrected chi connectivity index (χ1v) is 6.82. The average Bonchev–Trinajstić information content (AvgIpc) is 2.75. The van der Waals surface area contributed by atoms with E-state index in [-0.39, 0.29) is 0 Å². The third-order valence-corrected chi connectivity index (χ3v) is 3.42. The molecule has 0 spiro atoms. The maximum Gasteiger partial charge on any atom is 0.0756 e. The Labute approximate surface area is 105 Å². The van der Waals surface area contributed by atoms with Crippen LogP contribution in [0.1, 0.15) is 58.2 Å². The van der Waals surface area contributed by atoms with Crippen LogP contribution in [0, 0.1) is 5.92 Å². The van der Waals surface area contributed by atoms with Crippen molar-refractivity contribution < 1.29 is 0 Å². The first-order chi connectivity index (χ1) is 8.24. The monoisotopic (exact) mass is 238 g/mol. The Morgan fingerprint density at radius 2 is 2.12 bits per heavy atom. The Morgan fingerprint density at radius 3 is 2.59 bits per heavy atom. The minimum atomic E-state index is 0.386. The molecule has 2 atom stereocenters. The van der Waals surface area contributed by atoms with Gasteiger partial charge in [-0.25, -0.2) is 0 Å². The molecular formula is C13H26N4. The van der Waals surface area contributed by atoms with Crippen molar-refractivity contribution >= 4 is 0 Å². The predicted molar refractivity (Wildman–Crippen MR) is 70.7 cm³/mol. The van der Waals surface area contributed by atoms with Gasteiger partial charge in [-0.2, -0.15) is 0 Å². The zero-order valence-corrected chi connectivity index (χ0v) is 11.6.